The van der Waals surface area contributed by atoms with Gasteiger partial charge in [0.2, 0.25) is 0 Å². The number of carbonyl (C=O) groups is 1. The van der Waals surface area contributed by atoms with E-state index in [4.69, 9.17) is 4.74 Å². The molecule has 4 nitrogen and oxygen atoms in total. The molecule has 1 fully saturated rings. The third-order valence-electron chi connectivity index (χ3n) is 4.71. The molecule has 6 heteroatoms. The van der Waals surface area contributed by atoms with Crippen molar-refractivity contribution in [3.8, 4) is 5.75 Å². The van der Waals surface area contributed by atoms with Crippen LogP contribution in [0.5, 0.6) is 5.75 Å². The van der Waals surface area contributed by atoms with Gasteiger partial charge in [-0.1, -0.05) is 18.2 Å². The molecule has 2 aromatic rings. The highest BCUT2D eigenvalue weighted by molar-refractivity contribution is 5.94. The third kappa shape index (κ3) is 4.02. The zero-order valence-corrected chi connectivity index (χ0v) is 14.7. The zero-order valence-electron chi connectivity index (χ0n) is 14.7. The first-order valence-electron chi connectivity index (χ1n) is 8.70. The Labute approximate surface area is 151 Å². The van der Waals surface area contributed by atoms with Gasteiger partial charge in [-0.2, -0.15) is 0 Å². The summed E-state index contributed by atoms with van der Waals surface area (Å²) in [5.41, 5.74) is 0.683. The van der Waals surface area contributed by atoms with Crippen molar-refractivity contribution in [1.29, 1.82) is 0 Å². The molecule has 3 rings (SSSR count). The Kier molecular flexibility index (Phi) is 5.83. The number of hydrogen-bond donors (Lipinski definition) is 1. The molecule has 26 heavy (non-hydrogen) atoms. The minimum absolute atomic E-state index is 0.0887. The average molecular weight is 360 g/mol. The SMILES string of the molecule is COc1ccccc1C(CNC(=O)c1cc(F)ccc1F)N1CCCC1. The number of rotatable bonds is 6. The number of methoxy groups -OCH3 is 1. The lowest BCUT2D eigenvalue weighted by Gasteiger charge is -2.29. The summed E-state index contributed by atoms with van der Waals surface area (Å²) in [6, 6.07) is 10.5. The first-order valence-corrected chi connectivity index (χ1v) is 8.70. The maximum absolute atomic E-state index is 13.8. The van der Waals surface area contributed by atoms with Gasteiger partial charge in [0.25, 0.3) is 5.91 Å². The van der Waals surface area contributed by atoms with Crippen LogP contribution in [-0.2, 0) is 0 Å². The Bertz CT molecular complexity index is 776. The van der Waals surface area contributed by atoms with Crippen LogP contribution in [0.25, 0.3) is 0 Å². The molecular formula is C20H22F2N2O2. The van der Waals surface area contributed by atoms with Crippen molar-refractivity contribution in [3.05, 3.63) is 65.2 Å². The smallest absolute Gasteiger partial charge is 0.254 e. The Morgan fingerprint density at radius 3 is 2.65 bits per heavy atom. The van der Waals surface area contributed by atoms with E-state index < -0.39 is 17.5 Å². The normalized spacial score (nSPS) is 15.7. The van der Waals surface area contributed by atoms with Gasteiger partial charge in [0.15, 0.2) is 0 Å². The maximum atomic E-state index is 13.8. The predicted molar refractivity (Wildman–Crippen MR) is 95.2 cm³/mol. The summed E-state index contributed by atoms with van der Waals surface area (Å²) in [6.45, 7) is 2.13. The van der Waals surface area contributed by atoms with Gasteiger partial charge in [0.1, 0.15) is 17.4 Å². The Hall–Kier alpha value is -2.47. The quantitative estimate of drug-likeness (QED) is 0.857. The van der Waals surface area contributed by atoms with E-state index in [1.165, 1.54) is 0 Å². The maximum Gasteiger partial charge on any atom is 0.254 e. The highest BCUT2D eigenvalue weighted by Gasteiger charge is 2.26. The van der Waals surface area contributed by atoms with Crippen LogP contribution in [0.2, 0.25) is 0 Å². The Morgan fingerprint density at radius 2 is 1.92 bits per heavy atom. The summed E-state index contributed by atoms with van der Waals surface area (Å²) in [7, 11) is 1.61. The summed E-state index contributed by atoms with van der Waals surface area (Å²) in [4.78, 5) is 14.6. The Morgan fingerprint density at radius 1 is 1.19 bits per heavy atom. The van der Waals surface area contributed by atoms with E-state index >= 15 is 0 Å². The topological polar surface area (TPSA) is 41.6 Å². The van der Waals surface area contributed by atoms with Crippen LogP contribution >= 0.6 is 0 Å². The number of para-hydroxylation sites is 1. The van der Waals surface area contributed by atoms with Crippen molar-refractivity contribution in [2.24, 2.45) is 0 Å². The van der Waals surface area contributed by atoms with Crippen molar-refractivity contribution >= 4 is 5.91 Å². The van der Waals surface area contributed by atoms with Crippen LogP contribution in [0.15, 0.2) is 42.5 Å². The molecule has 1 atom stereocenters. The molecule has 0 spiro atoms. The standard InChI is InChI=1S/C20H22F2N2O2/c1-26-19-7-3-2-6-15(19)18(24-10-4-5-11-24)13-23-20(25)16-12-14(21)8-9-17(16)22/h2-3,6-9,12,18H,4-5,10-11,13H2,1H3,(H,23,25). The second-order valence-corrected chi connectivity index (χ2v) is 6.34. The number of carbonyl (C=O) groups excluding carboxylic acids is 1. The van der Waals surface area contributed by atoms with E-state index in [1.54, 1.807) is 7.11 Å². The predicted octanol–water partition coefficient (Wildman–Crippen LogP) is 3.54. The highest BCUT2D eigenvalue weighted by Crippen LogP contribution is 2.31. The zero-order chi connectivity index (χ0) is 18.5. The van der Waals surface area contributed by atoms with Crippen LogP contribution in [0.3, 0.4) is 0 Å². The Balaban J connectivity index is 1.80. The number of nitrogens with zero attached hydrogens (tertiary/aromatic N) is 1. The van der Waals surface area contributed by atoms with Crippen LogP contribution < -0.4 is 10.1 Å². The van der Waals surface area contributed by atoms with Crippen molar-refractivity contribution in [3.63, 3.8) is 0 Å². The fourth-order valence-corrected chi connectivity index (χ4v) is 3.39. The fourth-order valence-electron chi connectivity index (χ4n) is 3.39. The van der Waals surface area contributed by atoms with Gasteiger partial charge in [0, 0.05) is 12.1 Å². The van der Waals surface area contributed by atoms with Gasteiger partial charge in [0.05, 0.1) is 18.7 Å². The van der Waals surface area contributed by atoms with Crippen molar-refractivity contribution in [1.82, 2.24) is 10.2 Å². The van der Waals surface area contributed by atoms with Crippen molar-refractivity contribution in [2.75, 3.05) is 26.7 Å². The first-order chi connectivity index (χ1) is 12.6. The number of hydrogen-bond acceptors (Lipinski definition) is 3. The van der Waals surface area contributed by atoms with Crippen LogP contribution in [0.1, 0.15) is 34.8 Å². The fraction of sp³-hybridized carbons (Fsp3) is 0.350. The summed E-state index contributed by atoms with van der Waals surface area (Å²) < 4.78 is 32.6. The van der Waals surface area contributed by atoms with Gasteiger partial charge >= 0.3 is 0 Å². The molecule has 2 aromatic carbocycles. The molecule has 1 unspecified atom stereocenters. The molecule has 1 N–H and O–H groups in total. The van der Waals surface area contributed by atoms with Gasteiger partial charge in [-0.3, -0.25) is 9.69 Å². The molecule has 1 aliphatic rings. The molecule has 1 aliphatic heterocycles. The number of ether oxygens (including phenoxy) is 1. The molecule has 0 aliphatic carbocycles. The minimum atomic E-state index is -0.737. The average Bonchev–Trinajstić information content (AvgIpc) is 3.18. The van der Waals surface area contributed by atoms with Crippen molar-refractivity contribution in [2.45, 2.75) is 18.9 Å². The molecular weight excluding hydrogens is 338 g/mol. The number of amides is 1. The molecule has 1 heterocycles. The number of halogens is 2. The van der Waals surface area contributed by atoms with E-state index in [0.717, 1.165) is 55.4 Å². The van der Waals surface area contributed by atoms with E-state index in [-0.39, 0.29) is 18.2 Å². The number of benzene rings is 2. The molecule has 1 saturated heterocycles. The summed E-state index contributed by atoms with van der Waals surface area (Å²) >= 11 is 0. The summed E-state index contributed by atoms with van der Waals surface area (Å²) in [5, 5.41) is 2.75. The van der Waals surface area contributed by atoms with Gasteiger partial charge in [-0.15, -0.1) is 0 Å². The van der Waals surface area contributed by atoms with E-state index in [2.05, 4.69) is 10.2 Å². The molecule has 0 radical (unpaired) electrons. The molecule has 0 bridgehead atoms. The van der Waals surface area contributed by atoms with Crippen molar-refractivity contribution < 1.29 is 18.3 Å². The molecule has 0 aromatic heterocycles. The van der Waals surface area contributed by atoms with Gasteiger partial charge in [-0.05, 0) is 50.2 Å². The second kappa shape index (κ2) is 8.27. The monoisotopic (exact) mass is 360 g/mol. The summed E-state index contributed by atoms with van der Waals surface area (Å²) in [5.74, 6) is -1.26. The highest BCUT2D eigenvalue weighted by atomic mass is 19.1. The van der Waals surface area contributed by atoms with Crippen LogP contribution in [0.4, 0.5) is 8.78 Å². The van der Waals surface area contributed by atoms with E-state index in [0.29, 0.717) is 0 Å². The van der Waals surface area contributed by atoms with Gasteiger partial charge < -0.3 is 10.1 Å². The van der Waals surface area contributed by atoms with Crippen LogP contribution in [0, 0.1) is 11.6 Å². The minimum Gasteiger partial charge on any atom is -0.496 e. The molecule has 138 valence electrons. The lowest BCUT2D eigenvalue weighted by molar-refractivity contribution is 0.0932. The van der Waals surface area contributed by atoms with E-state index in [9.17, 15) is 13.6 Å². The largest absolute Gasteiger partial charge is 0.496 e. The number of likely N-dealkylation sites (tertiary alicyclic amines) is 1. The van der Waals surface area contributed by atoms with E-state index in [1.807, 2.05) is 24.3 Å². The molecule has 1 amide bonds. The van der Waals surface area contributed by atoms with Crippen LogP contribution in [-0.4, -0.2) is 37.6 Å². The number of nitrogens with one attached hydrogen (secondary N) is 1. The second-order valence-electron chi connectivity index (χ2n) is 6.34. The lowest BCUT2D eigenvalue weighted by Crippen LogP contribution is -2.37. The summed E-state index contributed by atoms with van der Waals surface area (Å²) in [6.07, 6.45) is 2.19. The van der Waals surface area contributed by atoms with Gasteiger partial charge in [-0.25, -0.2) is 8.78 Å². The molecule has 0 saturated carbocycles. The third-order valence-corrected chi connectivity index (χ3v) is 4.71. The lowest BCUT2D eigenvalue weighted by atomic mass is 10.0. The first kappa shape index (κ1) is 18.3.